The summed E-state index contributed by atoms with van der Waals surface area (Å²) < 4.78 is 47.5. The molecular formula is C15H22N2Na2O16P2S. The van der Waals surface area contributed by atoms with Crippen molar-refractivity contribution in [2.24, 2.45) is 0 Å². The first-order valence-electron chi connectivity index (χ1n) is 9.96. The third-order valence-electron chi connectivity index (χ3n) is 5.14. The fraction of sp³-hybridized carbons (Fsp3) is 0.733. The Morgan fingerprint density at radius 1 is 0.947 bits per heavy atom. The SMILES string of the molecule is O=c1ccn([C@@H]2O[C@H](COP(=O)([O-])OP(=O)([O-])O[C@H]3O[C@H](CS)[C@H](O)[C@H](O)[C@H]3O)[C@@H](O)[C@H]2O)c(=O)[nH]1.[Na+].[Na+]. The number of hydrogen-bond acceptors (Lipinski definition) is 17. The Kier molecular flexibility index (Phi) is 14.6. The summed E-state index contributed by atoms with van der Waals surface area (Å²) in [4.78, 5) is 49.0. The Bertz CT molecular complexity index is 1140. The van der Waals surface area contributed by atoms with Gasteiger partial charge < -0.3 is 49.3 Å². The molecule has 0 radical (unpaired) electrons. The number of hydrogen-bond donors (Lipinski definition) is 7. The summed E-state index contributed by atoms with van der Waals surface area (Å²) in [7, 11) is -11.6. The number of phosphoric ester groups is 2. The average molecular weight is 626 g/mol. The van der Waals surface area contributed by atoms with Gasteiger partial charge in [0.1, 0.15) is 36.6 Å². The minimum absolute atomic E-state index is 0. The summed E-state index contributed by atoms with van der Waals surface area (Å²) in [6, 6.07) is 0.921. The zero-order valence-corrected chi connectivity index (χ0v) is 26.5. The molecule has 23 heteroatoms. The molecule has 0 amide bonds. The largest absolute Gasteiger partial charge is 1.00 e. The standard InChI is InChI=1S/C15H24N2O16P2S.2Na/c18-7-1-2-17(15(24)16-7)13-11(22)8(19)5(30-13)3-29-34(25,26)33-35(27,28)32-14-12(23)10(21)9(20)6(4-36)31-14;;/h1-2,5-6,8-14,19-23,36H,3-4H2,(H,25,26)(H,27,28)(H,16,18,24);;/q;2*+1/p-2/t5-,6-,8-,9+,10+,11-,12-,13-,14-;;/m1../s1. The van der Waals surface area contributed by atoms with E-state index in [1.807, 2.05) is 4.98 Å². The molecule has 1 aromatic heterocycles. The van der Waals surface area contributed by atoms with Crippen molar-refractivity contribution in [3.05, 3.63) is 33.1 Å². The number of aliphatic hydroxyl groups is 5. The summed E-state index contributed by atoms with van der Waals surface area (Å²) in [6.07, 6.45) is -15.0. The van der Waals surface area contributed by atoms with Crippen molar-refractivity contribution in [2.45, 2.75) is 55.2 Å². The predicted octanol–water partition coefficient (Wildman–Crippen LogP) is -11.1. The van der Waals surface area contributed by atoms with Gasteiger partial charge in [0.05, 0.1) is 12.7 Å². The molecule has 11 atom stereocenters. The Morgan fingerprint density at radius 2 is 1.55 bits per heavy atom. The Morgan fingerprint density at radius 3 is 2.13 bits per heavy atom. The molecule has 38 heavy (non-hydrogen) atoms. The smallest absolute Gasteiger partial charge is 0.756 e. The van der Waals surface area contributed by atoms with Crippen LogP contribution in [0.1, 0.15) is 6.23 Å². The molecule has 0 bridgehead atoms. The summed E-state index contributed by atoms with van der Waals surface area (Å²) in [5, 5.41) is 49.6. The van der Waals surface area contributed by atoms with Gasteiger partial charge in [-0.3, -0.25) is 28.0 Å². The topological polar surface area (TPSA) is 282 Å². The fourth-order valence-electron chi connectivity index (χ4n) is 3.34. The van der Waals surface area contributed by atoms with E-state index in [1.54, 1.807) is 0 Å². The van der Waals surface area contributed by atoms with E-state index in [9.17, 15) is 54.0 Å². The third-order valence-corrected chi connectivity index (χ3v) is 8.03. The van der Waals surface area contributed by atoms with Gasteiger partial charge in [0, 0.05) is 18.0 Å². The van der Waals surface area contributed by atoms with E-state index in [0.717, 1.165) is 12.3 Å². The zero-order valence-electron chi connectivity index (χ0n) is 19.8. The number of aliphatic hydroxyl groups excluding tert-OH is 5. The maximum absolute atomic E-state index is 12.0. The molecule has 6 N–H and O–H groups in total. The van der Waals surface area contributed by atoms with E-state index in [-0.39, 0.29) is 64.9 Å². The number of nitrogens with one attached hydrogen (secondary N) is 1. The molecule has 2 saturated heterocycles. The summed E-state index contributed by atoms with van der Waals surface area (Å²) in [5.41, 5.74) is -1.76. The fourth-order valence-corrected chi connectivity index (χ4v) is 5.72. The second-order valence-electron chi connectivity index (χ2n) is 7.64. The molecule has 0 aromatic carbocycles. The molecule has 0 saturated carbocycles. The van der Waals surface area contributed by atoms with Crippen LogP contribution in [-0.2, 0) is 32.0 Å². The number of phosphoric acid groups is 2. The van der Waals surface area contributed by atoms with Crippen LogP contribution in [0.2, 0.25) is 0 Å². The maximum atomic E-state index is 12.0. The van der Waals surface area contributed by atoms with E-state index in [0.29, 0.717) is 4.57 Å². The van der Waals surface area contributed by atoms with Crippen molar-refractivity contribution in [2.75, 3.05) is 12.4 Å². The van der Waals surface area contributed by atoms with E-state index >= 15 is 0 Å². The molecule has 3 rings (SSSR count). The van der Waals surface area contributed by atoms with Crippen LogP contribution in [0.3, 0.4) is 0 Å². The molecule has 2 fully saturated rings. The first kappa shape index (κ1) is 37.0. The zero-order chi connectivity index (χ0) is 27.0. The minimum Gasteiger partial charge on any atom is -0.756 e. The van der Waals surface area contributed by atoms with Crippen molar-refractivity contribution in [3.8, 4) is 0 Å². The van der Waals surface area contributed by atoms with E-state index in [1.165, 1.54) is 0 Å². The Hall–Kier alpha value is 1.01. The number of nitrogens with zero attached hydrogens (tertiary/aromatic N) is 1. The van der Waals surface area contributed by atoms with Crippen molar-refractivity contribution in [1.82, 2.24) is 9.55 Å². The number of aromatic nitrogens is 2. The predicted molar refractivity (Wildman–Crippen MR) is 111 cm³/mol. The Labute approximate surface area is 263 Å². The van der Waals surface area contributed by atoms with Crippen molar-refractivity contribution in [1.29, 1.82) is 0 Å². The van der Waals surface area contributed by atoms with Crippen LogP contribution in [0.25, 0.3) is 0 Å². The normalized spacial score (nSPS) is 36.4. The summed E-state index contributed by atoms with van der Waals surface area (Å²) >= 11 is 3.83. The Balaban J connectivity index is 0.00000361. The van der Waals surface area contributed by atoms with Gasteiger partial charge in [0.2, 0.25) is 0 Å². The molecule has 2 aliphatic heterocycles. The van der Waals surface area contributed by atoms with Gasteiger partial charge in [-0.15, -0.1) is 0 Å². The average Bonchev–Trinajstić information content (AvgIpc) is 3.06. The van der Waals surface area contributed by atoms with Crippen LogP contribution in [0.4, 0.5) is 0 Å². The number of aromatic amines is 1. The molecule has 3 heterocycles. The first-order chi connectivity index (χ1) is 16.7. The molecule has 0 spiro atoms. The minimum atomic E-state index is -5.85. The van der Waals surface area contributed by atoms with Gasteiger partial charge in [-0.25, -0.2) is 9.11 Å². The van der Waals surface area contributed by atoms with Crippen molar-refractivity contribution < 1.29 is 126 Å². The second kappa shape index (κ2) is 15.0. The monoisotopic (exact) mass is 626 g/mol. The second-order valence-corrected chi connectivity index (χ2v) is 10.9. The molecule has 206 valence electrons. The van der Waals surface area contributed by atoms with E-state index in [4.69, 9.17) is 9.47 Å². The van der Waals surface area contributed by atoms with Gasteiger partial charge in [-0.1, -0.05) is 0 Å². The number of ether oxygens (including phenoxy) is 2. The van der Waals surface area contributed by atoms with Gasteiger partial charge in [-0.2, -0.15) is 12.6 Å². The van der Waals surface area contributed by atoms with Gasteiger partial charge in [0.25, 0.3) is 21.2 Å². The molecule has 2 aliphatic rings. The number of thiol groups is 1. The third kappa shape index (κ3) is 9.00. The van der Waals surface area contributed by atoms with Crippen LogP contribution in [0.5, 0.6) is 0 Å². The van der Waals surface area contributed by atoms with Crippen molar-refractivity contribution in [3.63, 3.8) is 0 Å². The summed E-state index contributed by atoms with van der Waals surface area (Å²) in [5.74, 6) is -0.236. The molecular weight excluding hydrogens is 604 g/mol. The van der Waals surface area contributed by atoms with Crippen LogP contribution < -0.4 is 80.2 Å². The van der Waals surface area contributed by atoms with Crippen LogP contribution in [0.15, 0.2) is 21.9 Å². The van der Waals surface area contributed by atoms with Crippen LogP contribution in [0, 0.1) is 0 Å². The van der Waals surface area contributed by atoms with Crippen molar-refractivity contribution >= 4 is 28.3 Å². The van der Waals surface area contributed by atoms with Gasteiger partial charge in [-0.05, 0) is 0 Å². The molecule has 0 aliphatic carbocycles. The number of rotatable bonds is 9. The maximum Gasteiger partial charge on any atom is 1.00 e. The summed E-state index contributed by atoms with van der Waals surface area (Å²) in [6.45, 7) is -1.09. The molecule has 1 aromatic rings. The number of H-pyrrole nitrogens is 1. The first-order valence-corrected chi connectivity index (χ1v) is 13.5. The van der Waals surface area contributed by atoms with E-state index in [2.05, 4.69) is 26.0 Å². The van der Waals surface area contributed by atoms with Gasteiger partial charge >= 0.3 is 64.8 Å². The van der Waals surface area contributed by atoms with Gasteiger partial charge in [0.15, 0.2) is 12.5 Å². The van der Waals surface area contributed by atoms with Crippen LogP contribution in [-0.4, -0.2) is 96.5 Å². The molecule has 18 nitrogen and oxygen atoms in total. The van der Waals surface area contributed by atoms with Crippen LogP contribution >= 0.6 is 28.3 Å². The molecule has 2 unspecified atom stereocenters. The quantitative estimate of drug-likeness (QED) is 0.0761. The van der Waals surface area contributed by atoms with E-state index < -0.39 is 88.7 Å².